The summed E-state index contributed by atoms with van der Waals surface area (Å²) < 4.78 is 12.9. The van der Waals surface area contributed by atoms with Crippen LogP contribution in [0, 0.1) is 0 Å². The highest BCUT2D eigenvalue weighted by Gasteiger charge is 2.17. The van der Waals surface area contributed by atoms with E-state index in [-0.39, 0.29) is 30.8 Å². The maximum Gasteiger partial charge on any atom is 0.275 e. The summed E-state index contributed by atoms with van der Waals surface area (Å²) in [4.78, 5) is 23.5. The second-order valence-corrected chi connectivity index (χ2v) is 4.40. The van der Waals surface area contributed by atoms with E-state index in [4.69, 9.17) is 5.11 Å². The van der Waals surface area contributed by atoms with Crippen LogP contribution in [0.15, 0.2) is 30.1 Å². The van der Waals surface area contributed by atoms with Gasteiger partial charge in [0, 0.05) is 12.1 Å². The Morgan fingerprint density at radius 1 is 1.48 bits per heavy atom. The van der Waals surface area contributed by atoms with Crippen molar-refractivity contribution in [2.45, 2.75) is 19.0 Å². The summed E-state index contributed by atoms with van der Waals surface area (Å²) in [6.07, 6.45) is 4.80. The van der Waals surface area contributed by atoms with Crippen molar-refractivity contribution >= 4 is 17.5 Å². The molecule has 21 heavy (non-hydrogen) atoms. The van der Waals surface area contributed by atoms with E-state index in [9.17, 15) is 14.0 Å². The van der Waals surface area contributed by atoms with Crippen LogP contribution in [0.5, 0.6) is 0 Å². The van der Waals surface area contributed by atoms with Crippen LogP contribution in [0.1, 0.15) is 23.3 Å². The minimum atomic E-state index is -1.04. The van der Waals surface area contributed by atoms with Gasteiger partial charge < -0.3 is 15.7 Å². The van der Waals surface area contributed by atoms with Crippen LogP contribution in [0.2, 0.25) is 0 Å². The van der Waals surface area contributed by atoms with Gasteiger partial charge in [-0.05, 0) is 12.2 Å². The molecule has 8 heteroatoms. The van der Waals surface area contributed by atoms with Crippen LogP contribution in [0.3, 0.4) is 0 Å². The number of aromatic amines is 1. The Labute approximate surface area is 119 Å². The lowest BCUT2D eigenvalue weighted by molar-refractivity contribution is -0.116. The fourth-order valence-electron chi connectivity index (χ4n) is 1.75. The number of alkyl halides is 1. The lowest BCUT2D eigenvalue weighted by atomic mass is 10.1. The fraction of sp³-hybridized carbons (Fsp3) is 0.308. The summed E-state index contributed by atoms with van der Waals surface area (Å²) in [5.74, 6) is -0.926. The number of aliphatic hydroxyl groups excluding tert-OH is 1. The van der Waals surface area contributed by atoms with Crippen molar-refractivity contribution in [1.29, 1.82) is 0 Å². The molecule has 1 aromatic heterocycles. The molecule has 0 spiro atoms. The average molecular weight is 294 g/mol. The van der Waals surface area contributed by atoms with Gasteiger partial charge in [0.15, 0.2) is 0 Å². The predicted molar refractivity (Wildman–Crippen MR) is 73.1 cm³/mol. The minimum absolute atomic E-state index is 0.0714. The van der Waals surface area contributed by atoms with Crippen molar-refractivity contribution in [3.8, 4) is 0 Å². The molecule has 1 aromatic rings. The van der Waals surface area contributed by atoms with Crippen molar-refractivity contribution in [2.75, 3.05) is 11.9 Å². The number of anilines is 1. The highest BCUT2D eigenvalue weighted by molar-refractivity contribution is 6.02. The number of carbonyl (C=O) groups excluding carboxylic acids is 2. The Kier molecular flexibility index (Phi) is 4.83. The molecule has 0 saturated heterocycles. The molecule has 0 aliphatic heterocycles. The smallest absolute Gasteiger partial charge is 0.275 e. The van der Waals surface area contributed by atoms with Crippen molar-refractivity contribution in [2.24, 2.45) is 0 Å². The Balaban J connectivity index is 2.02. The van der Waals surface area contributed by atoms with Crippen molar-refractivity contribution in [3.05, 3.63) is 35.8 Å². The zero-order valence-corrected chi connectivity index (χ0v) is 11.1. The SMILES string of the molecule is O=C(CCO)Nc1cn[nH]c1C(=O)NC1=CCC(F)C=C1. The number of nitrogens with one attached hydrogen (secondary N) is 3. The molecule has 1 atom stereocenters. The van der Waals surface area contributed by atoms with Gasteiger partial charge in [-0.3, -0.25) is 14.7 Å². The molecule has 112 valence electrons. The van der Waals surface area contributed by atoms with Gasteiger partial charge in [0.25, 0.3) is 5.91 Å². The Morgan fingerprint density at radius 2 is 2.29 bits per heavy atom. The van der Waals surface area contributed by atoms with E-state index in [1.165, 1.54) is 18.3 Å². The molecule has 0 saturated carbocycles. The second kappa shape index (κ2) is 6.80. The van der Waals surface area contributed by atoms with Crippen LogP contribution in [-0.4, -0.2) is 39.9 Å². The van der Waals surface area contributed by atoms with E-state index in [0.717, 1.165) is 0 Å². The Hall–Kier alpha value is -2.48. The van der Waals surface area contributed by atoms with Gasteiger partial charge in [-0.1, -0.05) is 6.08 Å². The van der Waals surface area contributed by atoms with Gasteiger partial charge in [0.2, 0.25) is 5.91 Å². The summed E-state index contributed by atoms with van der Waals surface area (Å²) in [5.41, 5.74) is 0.781. The third kappa shape index (κ3) is 3.99. The average Bonchev–Trinajstić information content (AvgIpc) is 2.89. The number of hydrogen-bond donors (Lipinski definition) is 4. The molecule has 0 aromatic carbocycles. The topological polar surface area (TPSA) is 107 Å². The maximum atomic E-state index is 12.9. The van der Waals surface area contributed by atoms with E-state index < -0.39 is 18.0 Å². The number of carbonyl (C=O) groups is 2. The maximum absolute atomic E-state index is 12.9. The van der Waals surface area contributed by atoms with E-state index in [0.29, 0.717) is 5.70 Å². The predicted octanol–water partition coefficient (Wildman–Crippen LogP) is 0.642. The van der Waals surface area contributed by atoms with Gasteiger partial charge >= 0.3 is 0 Å². The van der Waals surface area contributed by atoms with E-state index in [1.807, 2.05) is 0 Å². The first-order valence-corrected chi connectivity index (χ1v) is 6.38. The van der Waals surface area contributed by atoms with E-state index in [2.05, 4.69) is 20.8 Å². The fourth-order valence-corrected chi connectivity index (χ4v) is 1.75. The number of hydrogen-bond acceptors (Lipinski definition) is 4. The molecule has 4 N–H and O–H groups in total. The number of aromatic nitrogens is 2. The van der Waals surface area contributed by atoms with Crippen LogP contribution in [0.25, 0.3) is 0 Å². The zero-order valence-electron chi connectivity index (χ0n) is 11.1. The monoisotopic (exact) mass is 294 g/mol. The van der Waals surface area contributed by atoms with Crippen LogP contribution in [-0.2, 0) is 4.79 Å². The summed E-state index contributed by atoms with van der Waals surface area (Å²) in [7, 11) is 0. The van der Waals surface area contributed by atoms with Gasteiger partial charge in [-0.15, -0.1) is 0 Å². The number of nitrogens with zero attached hydrogens (tertiary/aromatic N) is 1. The van der Waals surface area contributed by atoms with Crippen LogP contribution >= 0.6 is 0 Å². The molecule has 1 heterocycles. The molecular formula is C13H15FN4O3. The van der Waals surface area contributed by atoms with E-state index in [1.54, 1.807) is 6.08 Å². The Bertz CT molecular complexity index is 594. The zero-order chi connectivity index (χ0) is 15.2. The third-order valence-corrected chi connectivity index (χ3v) is 2.78. The number of H-pyrrole nitrogens is 1. The number of amides is 2. The van der Waals surface area contributed by atoms with Gasteiger partial charge in [0.05, 0.1) is 24.9 Å². The molecule has 1 aliphatic carbocycles. The molecular weight excluding hydrogens is 279 g/mol. The van der Waals surface area contributed by atoms with Crippen molar-refractivity contribution in [3.63, 3.8) is 0 Å². The van der Waals surface area contributed by atoms with Crippen molar-refractivity contribution in [1.82, 2.24) is 15.5 Å². The highest BCUT2D eigenvalue weighted by atomic mass is 19.1. The molecule has 0 fully saturated rings. The minimum Gasteiger partial charge on any atom is -0.396 e. The largest absolute Gasteiger partial charge is 0.396 e. The summed E-state index contributed by atoms with van der Waals surface area (Å²) >= 11 is 0. The van der Waals surface area contributed by atoms with Gasteiger partial charge in [-0.25, -0.2) is 4.39 Å². The molecule has 0 bridgehead atoms. The van der Waals surface area contributed by atoms with Gasteiger partial charge in [-0.2, -0.15) is 5.10 Å². The Morgan fingerprint density at radius 3 is 2.95 bits per heavy atom. The first-order chi connectivity index (χ1) is 10.1. The van der Waals surface area contributed by atoms with Gasteiger partial charge in [0.1, 0.15) is 11.9 Å². The summed E-state index contributed by atoms with van der Waals surface area (Å²) in [5, 5.41) is 19.9. The van der Waals surface area contributed by atoms with Crippen molar-refractivity contribution < 1.29 is 19.1 Å². The normalized spacial score (nSPS) is 17.2. The number of halogens is 1. The highest BCUT2D eigenvalue weighted by Crippen LogP contribution is 2.15. The molecule has 1 aliphatic rings. The lowest BCUT2D eigenvalue weighted by Crippen LogP contribution is -2.25. The number of allylic oxidation sites excluding steroid dienone is 3. The molecule has 1 unspecified atom stereocenters. The van der Waals surface area contributed by atoms with Crippen LogP contribution in [0.4, 0.5) is 10.1 Å². The first kappa shape index (κ1) is 14.9. The standard InChI is InChI=1S/C13H15FN4O3/c14-8-1-3-9(4-2-8)16-13(21)12-10(7-15-18-12)17-11(20)5-6-19/h1,3-4,7-8,19H,2,5-6H2,(H,15,18)(H,16,21)(H,17,20). The summed E-state index contributed by atoms with van der Waals surface area (Å²) in [6.45, 7) is -0.284. The molecule has 2 rings (SSSR count). The number of aliphatic hydroxyl groups is 1. The molecule has 0 radical (unpaired) electrons. The third-order valence-electron chi connectivity index (χ3n) is 2.78. The first-order valence-electron chi connectivity index (χ1n) is 6.38. The second-order valence-electron chi connectivity index (χ2n) is 4.40. The number of rotatable bonds is 5. The lowest BCUT2D eigenvalue weighted by Gasteiger charge is -2.11. The summed E-state index contributed by atoms with van der Waals surface area (Å²) in [6, 6.07) is 0. The van der Waals surface area contributed by atoms with Crippen LogP contribution < -0.4 is 10.6 Å². The van der Waals surface area contributed by atoms with E-state index >= 15 is 0 Å². The molecule has 7 nitrogen and oxygen atoms in total. The molecule has 2 amide bonds. The quantitative estimate of drug-likeness (QED) is 0.639.